The van der Waals surface area contributed by atoms with Crippen molar-refractivity contribution in [1.82, 2.24) is 4.72 Å². The zero-order chi connectivity index (χ0) is 29.6. The lowest BCUT2D eigenvalue weighted by Crippen LogP contribution is -2.49. The van der Waals surface area contributed by atoms with Crippen LogP contribution in [0.4, 0.5) is 5.69 Å². The van der Waals surface area contributed by atoms with E-state index in [1.54, 1.807) is 6.07 Å². The van der Waals surface area contributed by atoms with Crippen LogP contribution in [0, 0.1) is 23.7 Å². The third-order valence-electron chi connectivity index (χ3n) is 10.5. The summed E-state index contributed by atoms with van der Waals surface area (Å²) in [7, 11) is -2.90. The quantitative estimate of drug-likeness (QED) is 0.316. The maximum absolute atomic E-state index is 13.6. The Morgan fingerprint density at radius 3 is 2.81 bits per heavy atom. The van der Waals surface area contributed by atoms with Gasteiger partial charge < -0.3 is 14.7 Å². The van der Waals surface area contributed by atoms with Crippen molar-refractivity contribution in [3.8, 4) is 5.75 Å². The van der Waals surface area contributed by atoms with Crippen molar-refractivity contribution >= 4 is 38.8 Å². The normalized spacial score (nSPS) is 35.6. The molecule has 2 N–H and O–H groups in total. The molecule has 1 unspecified atom stereocenters. The van der Waals surface area contributed by atoms with Crippen molar-refractivity contribution in [2.75, 3.05) is 31.2 Å². The van der Waals surface area contributed by atoms with Gasteiger partial charge in [-0.2, -0.15) is 0 Å². The number of carbonyl (C=O) groups is 1. The first-order valence-corrected chi connectivity index (χ1v) is 17.5. The molecule has 2 heterocycles. The van der Waals surface area contributed by atoms with Crippen LogP contribution in [0.2, 0.25) is 5.02 Å². The molecule has 6 rings (SSSR count). The van der Waals surface area contributed by atoms with E-state index < -0.39 is 9.71 Å². The average Bonchev–Trinajstić information content (AvgIpc) is 3.10. The Morgan fingerprint density at radius 1 is 1.21 bits per heavy atom. The number of carbonyl (C=O) groups excluding carboxylic acids is 1. The number of nitrogens with one attached hydrogen (secondary N) is 1. The van der Waals surface area contributed by atoms with Crippen LogP contribution in [0.15, 0.2) is 48.6 Å². The molecule has 1 saturated carbocycles. The molecule has 1 amide bonds. The second-order valence-corrected chi connectivity index (χ2v) is 16.0. The van der Waals surface area contributed by atoms with E-state index in [1.165, 1.54) is 11.1 Å². The summed E-state index contributed by atoms with van der Waals surface area (Å²) in [5, 5.41) is 10.8. The zero-order valence-corrected chi connectivity index (χ0v) is 26.3. The highest BCUT2D eigenvalue weighted by atomic mass is 35.5. The minimum atomic E-state index is -2.90. The summed E-state index contributed by atoms with van der Waals surface area (Å²) in [6.07, 6.45) is 10.3. The number of aliphatic hydroxyl groups excluding tert-OH is 1. The molecule has 4 aliphatic rings. The number of anilines is 1. The fraction of sp³-hybridized carbons (Fsp3) is 0.529. The van der Waals surface area contributed by atoms with Crippen molar-refractivity contribution in [3.05, 3.63) is 70.3 Å². The van der Waals surface area contributed by atoms with Gasteiger partial charge in [0.2, 0.25) is 0 Å². The number of allylic oxidation sites excluding steroid dienone is 1. The predicted molar refractivity (Wildman–Crippen MR) is 172 cm³/mol. The molecule has 0 aromatic heterocycles. The number of halogens is 1. The lowest BCUT2D eigenvalue weighted by atomic mass is 9.66. The molecule has 8 heteroatoms. The number of aliphatic hydroxyl groups is 1. The number of benzene rings is 2. The molecule has 1 fully saturated rings. The Hall–Kier alpha value is -2.48. The minimum absolute atomic E-state index is 0.0522. The van der Waals surface area contributed by atoms with E-state index in [1.807, 2.05) is 32.0 Å². The average molecular weight is 611 g/mol. The van der Waals surface area contributed by atoms with E-state index >= 15 is 0 Å². The van der Waals surface area contributed by atoms with Gasteiger partial charge in [-0.15, -0.1) is 0 Å². The monoisotopic (exact) mass is 610 g/mol. The second kappa shape index (κ2) is 11.5. The first-order valence-electron chi connectivity index (χ1n) is 15.4. The van der Waals surface area contributed by atoms with Gasteiger partial charge in [0.15, 0.2) is 0 Å². The summed E-state index contributed by atoms with van der Waals surface area (Å²) in [5.74, 6) is 5.29. The molecule has 2 aromatic carbocycles. The maximum Gasteiger partial charge on any atom is 0.262 e. The first-order chi connectivity index (χ1) is 20.1. The molecule has 226 valence electrons. The van der Waals surface area contributed by atoms with Gasteiger partial charge in [-0.05, 0) is 111 Å². The van der Waals surface area contributed by atoms with Crippen LogP contribution in [0.3, 0.4) is 0 Å². The molecule has 2 aromatic rings. The highest BCUT2D eigenvalue weighted by Crippen LogP contribution is 2.47. The van der Waals surface area contributed by atoms with Gasteiger partial charge in [-0.25, -0.2) is 4.21 Å². The number of nitrogens with zero attached hydrogens (tertiary/aromatic N) is 1. The third-order valence-corrected chi connectivity index (χ3v) is 13.0. The van der Waals surface area contributed by atoms with Gasteiger partial charge in [-0.3, -0.25) is 9.52 Å². The van der Waals surface area contributed by atoms with Gasteiger partial charge in [-0.1, -0.05) is 36.7 Å². The van der Waals surface area contributed by atoms with Crippen molar-refractivity contribution in [2.45, 2.75) is 63.0 Å². The zero-order valence-electron chi connectivity index (χ0n) is 24.7. The molecule has 0 radical (unpaired) electrons. The molecule has 1 spiro atoms. The SMILES string of the molecule is C=S1(=O)NC(=O)c2ccc3c(c2)N(C[C@@H]2CC[C@H]2[C@H](CO)/C=C/C[C@H](C)[C@H]1C)C[C@@]1(CCCc2cc(Cl)ccc21)CO3. The predicted octanol–water partition coefficient (Wildman–Crippen LogP) is 5.79. The largest absolute Gasteiger partial charge is 0.490 e. The molecule has 42 heavy (non-hydrogen) atoms. The smallest absolute Gasteiger partial charge is 0.262 e. The second-order valence-electron chi connectivity index (χ2n) is 13.1. The molecular formula is C34H43ClN2O4S. The van der Waals surface area contributed by atoms with Crippen LogP contribution in [0.1, 0.15) is 67.4 Å². The van der Waals surface area contributed by atoms with E-state index in [9.17, 15) is 14.1 Å². The first kappa shape index (κ1) is 29.6. The third kappa shape index (κ3) is 5.48. The van der Waals surface area contributed by atoms with Gasteiger partial charge in [0.25, 0.3) is 5.91 Å². The Bertz CT molecular complexity index is 1490. The van der Waals surface area contributed by atoms with Crippen LogP contribution >= 0.6 is 11.6 Å². The minimum Gasteiger partial charge on any atom is -0.490 e. The fourth-order valence-electron chi connectivity index (χ4n) is 7.61. The summed E-state index contributed by atoms with van der Waals surface area (Å²) in [4.78, 5) is 15.9. The van der Waals surface area contributed by atoms with Gasteiger partial charge in [0.05, 0.1) is 22.0 Å². The molecule has 6 nitrogen and oxygen atoms in total. The van der Waals surface area contributed by atoms with E-state index in [4.69, 9.17) is 16.3 Å². The summed E-state index contributed by atoms with van der Waals surface area (Å²) in [5.41, 5.74) is 3.74. The molecule has 2 bridgehead atoms. The maximum atomic E-state index is 13.6. The Morgan fingerprint density at radius 2 is 2.05 bits per heavy atom. The van der Waals surface area contributed by atoms with E-state index in [0.717, 1.165) is 61.7 Å². The van der Waals surface area contributed by atoms with Crippen LogP contribution in [0.25, 0.3) is 0 Å². The van der Waals surface area contributed by atoms with Gasteiger partial charge in [0, 0.05) is 46.9 Å². The topological polar surface area (TPSA) is 78.9 Å². The van der Waals surface area contributed by atoms with Gasteiger partial charge >= 0.3 is 0 Å². The fourth-order valence-corrected chi connectivity index (χ4v) is 9.28. The lowest BCUT2D eigenvalue weighted by molar-refractivity contribution is 0.0892. The van der Waals surface area contributed by atoms with Crippen molar-refractivity contribution in [3.63, 3.8) is 0 Å². The van der Waals surface area contributed by atoms with Gasteiger partial charge in [0.1, 0.15) is 5.75 Å². The van der Waals surface area contributed by atoms with E-state index in [0.29, 0.717) is 30.4 Å². The van der Waals surface area contributed by atoms with E-state index in [2.05, 4.69) is 39.8 Å². The lowest BCUT2D eigenvalue weighted by Gasteiger charge is -2.46. The van der Waals surface area contributed by atoms with E-state index in [-0.39, 0.29) is 35.0 Å². The molecule has 7 atom stereocenters. The van der Waals surface area contributed by atoms with Crippen LogP contribution < -0.4 is 14.4 Å². The highest BCUT2D eigenvalue weighted by molar-refractivity contribution is 7.99. The van der Waals surface area contributed by atoms with Crippen molar-refractivity contribution in [2.24, 2.45) is 23.7 Å². The van der Waals surface area contributed by atoms with Crippen LogP contribution in [0.5, 0.6) is 5.75 Å². The van der Waals surface area contributed by atoms with Crippen LogP contribution in [-0.2, 0) is 21.5 Å². The molecular weight excluding hydrogens is 568 g/mol. The summed E-state index contributed by atoms with van der Waals surface area (Å²) >= 11 is 6.41. The number of hydrogen-bond acceptors (Lipinski definition) is 5. The number of ether oxygens (including phenoxy) is 1. The molecule has 0 saturated heterocycles. The Labute approximate surface area is 255 Å². The Balaban J connectivity index is 1.43. The number of rotatable bonds is 1. The number of aryl methyl sites for hydroxylation is 1. The number of hydrogen-bond donors (Lipinski definition) is 2. The van der Waals surface area contributed by atoms with Crippen molar-refractivity contribution < 1.29 is 18.8 Å². The standard InChI is InChI=1S/C34H43ClN2O4S/c1-22-6-4-7-27(19-38)29-12-9-26(29)18-37-20-34(15-5-8-24-16-28(35)11-13-30(24)34)21-41-32-14-10-25(17-31(32)37)33(39)36-42(3,40)23(22)2/h4,7,10-11,13-14,16-17,22-23,26-27,29,38H,3,5-6,8-9,12,15,18-21H2,1-2H3,(H,36,39,40)/b7-4+/t22-,23+,26-,27-,29+,34-,42?/m0/s1. The number of fused-ring (bicyclic) bond motifs is 4. The summed E-state index contributed by atoms with van der Waals surface area (Å²) < 4.78 is 23.0. The summed E-state index contributed by atoms with van der Waals surface area (Å²) in [6.45, 7) is 6.19. The van der Waals surface area contributed by atoms with Crippen LogP contribution in [-0.4, -0.2) is 52.6 Å². The Kier molecular flexibility index (Phi) is 8.14. The van der Waals surface area contributed by atoms with Crippen molar-refractivity contribution in [1.29, 1.82) is 0 Å². The summed E-state index contributed by atoms with van der Waals surface area (Å²) in [6, 6.07) is 11.8. The highest BCUT2D eigenvalue weighted by Gasteiger charge is 2.44. The molecule has 2 aliphatic carbocycles. The number of amides is 1. The molecule has 2 aliphatic heterocycles.